The van der Waals surface area contributed by atoms with Gasteiger partial charge in [-0.05, 0) is 37.5 Å². The molecule has 0 aliphatic heterocycles. The fourth-order valence-electron chi connectivity index (χ4n) is 2.60. The number of aromatic nitrogens is 1. The molecule has 22 heavy (non-hydrogen) atoms. The Morgan fingerprint density at radius 3 is 2.73 bits per heavy atom. The molecule has 4 heteroatoms. The van der Waals surface area contributed by atoms with Gasteiger partial charge < -0.3 is 10.1 Å². The average molecular weight is 312 g/mol. The van der Waals surface area contributed by atoms with Gasteiger partial charge in [0.05, 0.1) is 11.2 Å². The molecule has 0 aliphatic rings. The summed E-state index contributed by atoms with van der Waals surface area (Å²) < 4.78 is 6.33. The maximum atomic E-state index is 6.33. The van der Waals surface area contributed by atoms with E-state index in [1.807, 2.05) is 12.6 Å². The number of ether oxygens (including phenoxy) is 1. The Labute approximate surface area is 135 Å². The van der Waals surface area contributed by atoms with Gasteiger partial charge in [-0.1, -0.05) is 30.3 Å². The highest BCUT2D eigenvalue weighted by Gasteiger charge is 2.16. The molecule has 3 aromatic rings. The fraction of sp³-hybridized carbons (Fsp3) is 0.278. The van der Waals surface area contributed by atoms with E-state index in [-0.39, 0.29) is 6.10 Å². The van der Waals surface area contributed by atoms with Gasteiger partial charge in [0.2, 0.25) is 0 Å². The number of fused-ring (bicyclic) bond motifs is 1. The lowest BCUT2D eigenvalue weighted by Crippen LogP contribution is -2.16. The van der Waals surface area contributed by atoms with E-state index >= 15 is 0 Å². The summed E-state index contributed by atoms with van der Waals surface area (Å²) >= 11 is 1.61. The van der Waals surface area contributed by atoms with Crippen LogP contribution in [0, 0.1) is 6.92 Å². The molecule has 1 unspecified atom stereocenters. The second-order valence-electron chi connectivity index (χ2n) is 5.34. The molecule has 0 spiro atoms. The number of rotatable bonds is 6. The average Bonchev–Trinajstić information content (AvgIpc) is 3.08. The summed E-state index contributed by atoms with van der Waals surface area (Å²) in [6, 6.07) is 12.6. The number of hydrogen-bond donors (Lipinski definition) is 1. The van der Waals surface area contributed by atoms with Crippen LogP contribution in [-0.4, -0.2) is 18.6 Å². The largest absolute Gasteiger partial charge is 0.483 e. The highest BCUT2D eigenvalue weighted by molar-refractivity contribution is 7.07. The van der Waals surface area contributed by atoms with Crippen molar-refractivity contribution in [1.29, 1.82) is 0 Å². The topological polar surface area (TPSA) is 34.1 Å². The number of benzene rings is 2. The van der Waals surface area contributed by atoms with Gasteiger partial charge in [-0.2, -0.15) is 0 Å². The second kappa shape index (κ2) is 6.90. The first-order chi connectivity index (χ1) is 10.8. The fourth-order valence-corrected chi connectivity index (χ4v) is 3.20. The van der Waals surface area contributed by atoms with E-state index in [2.05, 4.69) is 59.0 Å². The van der Waals surface area contributed by atoms with Gasteiger partial charge in [0, 0.05) is 17.2 Å². The minimum atomic E-state index is -0.0233. The van der Waals surface area contributed by atoms with Gasteiger partial charge in [-0.25, -0.2) is 4.98 Å². The van der Waals surface area contributed by atoms with E-state index in [1.54, 1.807) is 11.3 Å². The van der Waals surface area contributed by atoms with Crippen LogP contribution in [0.25, 0.3) is 10.8 Å². The Kier molecular flexibility index (Phi) is 4.71. The zero-order valence-electron chi connectivity index (χ0n) is 12.9. The van der Waals surface area contributed by atoms with Crippen molar-refractivity contribution >= 4 is 22.1 Å². The van der Waals surface area contributed by atoms with Gasteiger partial charge in [0.1, 0.15) is 11.9 Å². The Hall–Kier alpha value is -1.91. The van der Waals surface area contributed by atoms with Crippen LogP contribution in [0.1, 0.15) is 23.8 Å². The Balaban J connectivity index is 1.94. The van der Waals surface area contributed by atoms with Crippen molar-refractivity contribution in [2.24, 2.45) is 0 Å². The van der Waals surface area contributed by atoms with Crippen LogP contribution < -0.4 is 10.1 Å². The Bertz CT molecular complexity index is 740. The summed E-state index contributed by atoms with van der Waals surface area (Å²) in [5, 5.41) is 7.65. The molecule has 0 fully saturated rings. The van der Waals surface area contributed by atoms with Crippen molar-refractivity contribution in [3.8, 4) is 5.75 Å². The quantitative estimate of drug-likeness (QED) is 0.735. The van der Waals surface area contributed by atoms with Crippen LogP contribution in [0.5, 0.6) is 5.75 Å². The molecule has 2 aromatic carbocycles. The van der Waals surface area contributed by atoms with Crippen molar-refractivity contribution in [3.63, 3.8) is 0 Å². The number of thiazole rings is 1. The second-order valence-corrected chi connectivity index (χ2v) is 6.06. The van der Waals surface area contributed by atoms with Gasteiger partial charge >= 0.3 is 0 Å². The lowest BCUT2D eigenvalue weighted by Gasteiger charge is -2.19. The van der Waals surface area contributed by atoms with Crippen LogP contribution in [0.2, 0.25) is 0 Å². The SMILES string of the molecule is CNCCC(Oc1ccc(C)c2ccccc12)c1cscn1. The van der Waals surface area contributed by atoms with E-state index < -0.39 is 0 Å². The van der Waals surface area contributed by atoms with E-state index in [4.69, 9.17) is 4.74 Å². The molecule has 0 saturated carbocycles. The lowest BCUT2D eigenvalue weighted by atomic mass is 10.0. The molecule has 3 nitrogen and oxygen atoms in total. The highest BCUT2D eigenvalue weighted by atomic mass is 32.1. The summed E-state index contributed by atoms with van der Waals surface area (Å²) in [7, 11) is 1.96. The lowest BCUT2D eigenvalue weighted by molar-refractivity contribution is 0.193. The Morgan fingerprint density at radius 2 is 2.00 bits per heavy atom. The van der Waals surface area contributed by atoms with Gasteiger partial charge in [0.25, 0.3) is 0 Å². The molecule has 1 aromatic heterocycles. The molecule has 0 saturated heterocycles. The van der Waals surface area contributed by atoms with Crippen LogP contribution in [0.15, 0.2) is 47.3 Å². The third kappa shape index (κ3) is 3.13. The third-order valence-electron chi connectivity index (χ3n) is 3.81. The van der Waals surface area contributed by atoms with Gasteiger partial charge in [0.15, 0.2) is 0 Å². The van der Waals surface area contributed by atoms with Crippen molar-refractivity contribution < 1.29 is 4.74 Å². The molecule has 1 atom stereocenters. The van der Waals surface area contributed by atoms with Crippen LogP contribution in [0.3, 0.4) is 0 Å². The zero-order chi connectivity index (χ0) is 15.4. The molecular formula is C18H20N2OS. The smallest absolute Gasteiger partial charge is 0.143 e. The minimum absolute atomic E-state index is 0.0233. The number of nitrogens with zero attached hydrogens (tertiary/aromatic N) is 1. The van der Waals surface area contributed by atoms with Crippen molar-refractivity contribution in [1.82, 2.24) is 10.3 Å². The number of nitrogens with one attached hydrogen (secondary N) is 1. The maximum Gasteiger partial charge on any atom is 0.143 e. The molecule has 3 rings (SSSR count). The van der Waals surface area contributed by atoms with Gasteiger partial charge in [-0.15, -0.1) is 11.3 Å². The highest BCUT2D eigenvalue weighted by Crippen LogP contribution is 2.32. The van der Waals surface area contributed by atoms with Crippen LogP contribution >= 0.6 is 11.3 Å². The molecule has 0 aliphatic carbocycles. The first-order valence-electron chi connectivity index (χ1n) is 7.47. The normalized spacial score (nSPS) is 12.5. The van der Waals surface area contributed by atoms with Crippen molar-refractivity contribution in [3.05, 3.63) is 58.5 Å². The molecule has 114 valence electrons. The monoisotopic (exact) mass is 312 g/mol. The molecule has 0 radical (unpaired) electrons. The van der Waals surface area contributed by atoms with E-state index in [1.165, 1.54) is 10.9 Å². The first kappa shape index (κ1) is 15.0. The molecular weight excluding hydrogens is 292 g/mol. The first-order valence-corrected chi connectivity index (χ1v) is 8.41. The Morgan fingerprint density at radius 1 is 1.18 bits per heavy atom. The standard InChI is InChI=1S/C18H20N2OS/c1-13-7-8-17(15-6-4-3-5-14(13)15)21-18(9-10-19-2)16-11-22-12-20-16/h3-8,11-12,18-19H,9-10H2,1-2H3. The predicted octanol–water partition coefficient (Wildman–Crippen LogP) is 4.33. The summed E-state index contributed by atoms with van der Waals surface area (Å²) in [6.45, 7) is 3.02. The molecule has 0 bridgehead atoms. The summed E-state index contributed by atoms with van der Waals surface area (Å²) in [5.74, 6) is 0.926. The van der Waals surface area contributed by atoms with Crippen LogP contribution in [-0.2, 0) is 0 Å². The minimum Gasteiger partial charge on any atom is -0.483 e. The molecule has 1 heterocycles. The van der Waals surface area contributed by atoms with Crippen LogP contribution in [0.4, 0.5) is 0 Å². The maximum absolute atomic E-state index is 6.33. The molecule has 0 amide bonds. The molecule has 1 N–H and O–H groups in total. The summed E-state index contributed by atoms with van der Waals surface area (Å²) in [4.78, 5) is 4.43. The summed E-state index contributed by atoms with van der Waals surface area (Å²) in [6.07, 6.45) is 0.868. The summed E-state index contributed by atoms with van der Waals surface area (Å²) in [5.41, 5.74) is 4.13. The van der Waals surface area contributed by atoms with Crippen molar-refractivity contribution in [2.45, 2.75) is 19.4 Å². The van der Waals surface area contributed by atoms with E-state index in [9.17, 15) is 0 Å². The van der Waals surface area contributed by atoms with Gasteiger partial charge in [-0.3, -0.25) is 0 Å². The number of aryl methyl sites for hydroxylation is 1. The predicted molar refractivity (Wildman–Crippen MR) is 92.7 cm³/mol. The van der Waals surface area contributed by atoms with E-state index in [0.29, 0.717) is 0 Å². The zero-order valence-corrected chi connectivity index (χ0v) is 13.7. The van der Waals surface area contributed by atoms with E-state index in [0.717, 1.165) is 29.8 Å². The number of hydrogen-bond acceptors (Lipinski definition) is 4. The van der Waals surface area contributed by atoms with Crippen molar-refractivity contribution in [2.75, 3.05) is 13.6 Å². The third-order valence-corrected chi connectivity index (χ3v) is 4.41.